The minimum absolute atomic E-state index is 0.000760. The van der Waals surface area contributed by atoms with E-state index >= 15 is 0 Å². The molecule has 3 aromatic carbocycles. The minimum Gasteiger partial charge on any atom is -0.493 e. The first-order valence-corrected chi connectivity index (χ1v) is 11.7. The summed E-state index contributed by atoms with van der Waals surface area (Å²) in [6, 6.07) is 23.9. The largest absolute Gasteiger partial charge is 0.493 e. The van der Waals surface area contributed by atoms with Crippen molar-refractivity contribution in [2.75, 3.05) is 40.0 Å². The molecule has 0 saturated carbocycles. The third-order valence-corrected chi connectivity index (χ3v) is 5.69. The molecule has 8 nitrogen and oxygen atoms in total. The lowest BCUT2D eigenvalue weighted by atomic mass is 10.1. The van der Waals surface area contributed by atoms with Crippen molar-refractivity contribution in [2.45, 2.75) is 0 Å². The number of nitrogens with zero attached hydrogens (tertiary/aromatic N) is 2. The number of benzene rings is 3. The van der Waals surface area contributed by atoms with Crippen LogP contribution in [-0.4, -0.2) is 56.8 Å². The minimum atomic E-state index is -0.607. The van der Waals surface area contributed by atoms with Gasteiger partial charge in [-0.2, -0.15) is 5.26 Å². The van der Waals surface area contributed by atoms with Crippen LogP contribution in [-0.2, 0) is 14.3 Å². The van der Waals surface area contributed by atoms with Crippen LogP contribution in [0.25, 0.3) is 17.2 Å². The van der Waals surface area contributed by atoms with Crippen molar-refractivity contribution >= 4 is 18.0 Å². The van der Waals surface area contributed by atoms with Crippen molar-refractivity contribution in [3.05, 3.63) is 83.9 Å². The van der Waals surface area contributed by atoms with E-state index in [4.69, 9.17) is 18.9 Å². The highest BCUT2D eigenvalue weighted by atomic mass is 16.6. The second kappa shape index (κ2) is 12.4. The van der Waals surface area contributed by atoms with Gasteiger partial charge >= 0.3 is 5.97 Å². The maximum absolute atomic E-state index is 12.7. The lowest BCUT2D eigenvalue weighted by Gasteiger charge is -2.26. The van der Waals surface area contributed by atoms with E-state index < -0.39 is 5.97 Å². The second-order valence-corrected chi connectivity index (χ2v) is 8.11. The summed E-state index contributed by atoms with van der Waals surface area (Å²) in [4.78, 5) is 26.8. The summed E-state index contributed by atoms with van der Waals surface area (Å²) in [5, 5.41) is 9.52. The number of amides is 1. The molecule has 1 saturated heterocycles. The normalized spacial score (nSPS) is 13.4. The molecular formula is C29H26N2O6. The van der Waals surface area contributed by atoms with Gasteiger partial charge in [-0.15, -0.1) is 0 Å². The summed E-state index contributed by atoms with van der Waals surface area (Å²) in [5.74, 6) is 0.0791. The van der Waals surface area contributed by atoms with Crippen LogP contribution in [0.5, 0.6) is 17.2 Å². The number of morpholine rings is 1. The first kappa shape index (κ1) is 25.5. The van der Waals surface area contributed by atoms with Gasteiger partial charge in [0.2, 0.25) is 0 Å². The molecule has 1 fully saturated rings. The van der Waals surface area contributed by atoms with Crippen LogP contribution in [0.4, 0.5) is 0 Å². The Kier molecular flexibility index (Phi) is 8.53. The van der Waals surface area contributed by atoms with Crippen LogP contribution in [0.15, 0.2) is 78.4 Å². The number of carbonyl (C=O) groups excluding carboxylic acids is 2. The zero-order chi connectivity index (χ0) is 26.0. The number of para-hydroxylation sites is 1. The van der Waals surface area contributed by atoms with Gasteiger partial charge in [-0.05, 0) is 35.4 Å². The molecule has 8 heteroatoms. The molecule has 1 aliphatic heterocycles. The third kappa shape index (κ3) is 6.54. The molecule has 0 unspecified atom stereocenters. The highest BCUT2D eigenvalue weighted by Crippen LogP contribution is 2.31. The summed E-state index contributed by atoms with van der Waals surface area (Å²) in [5.41, 5.74) is 2.40. The van der Waals surface area contributed by atoms with Gasteiger partial charge < -0.3 is 23.8 Å². The quantitative estimate of drug-likeness (QED) is 0.199. The Labute approximate surface area is 215 Å². The van der Waals surface area contributed by atoms with Crippen molar-refractivity contribution in [3.63, 3.8) is 0 Å². The zero-order valence-corrected chi connectivity index (χ0v) is 20.4. The Morgan fingerprint density at radius 2 is 1.70 bits per heavy atom. The van der Waals surface area contributed by atoms with E-state index in [1.54, 1.807) is 29.2 Å². The summed E-state index contributed by atoms with van der Waals surface area (Å²) >= 11 is 0. The summed E-state index contributed by atoms with van der Waals surface area (Å²) in [6.07, 6.45) is 1.48. The van der Waals surface area contributed by atoms with Gasteiger partial charge in [0.25, 0.3) is 5.91 Å². The van der Waals surface area contributed by atoms with Crippen LogP contribution in [0, 0.1) is 11.3 Å². The number of carbonyl (C=O) groups is 2. The van der Waals surface area contributed by atoms with Crippen molar-refractivity contribution in [3.8, 4) is 34.4 Å². The van der Waals surface area contributed by atoms with Crippen molar-refractivity contribution < 1.29 is 28.5 Å². The summed E-state index contributed by atoms with van der Waals surface area (Å²) < 4.78 is 21.9. The molecule has 0 bridgehead atoms. The molecule has 3 aromatic rings. The smallest absolute Gasteiger partial charge is 0.349 e. The maximum atomic E-state index is 12.7. The van der Waals surface area contributed by atoms with Crippen molar-refractivity contribution in [2.24, 2.45) is 0 Å². The molecule has 0 aromatic heterocycles. The monoisotopic (exact) mass is 498 g/mol. The van der Waals surface area contributed by atoms with Gasteiger partial charge in [-0.1, -0.05) is 54.6 Å². The van der Waals surface area contributed by atoms with Crippen LogP contribution < -0.4 is 14.2 Å². The van der Waals surface area contributed by atoms with E-state index in [9.17, 15) is 14.9 Å². The number of ether oxygens (including phenoxy) is 4. The molecule has 37 heavy (non-hydrogen) atoms. The van der Waals surface area contributed by atoms with E-state index in [0.717, 1.165) is 11.1 Å². The molecule has 0 N–H and O–H groups in total. The Hall–Kier alpha value is -4.61. The van der Waals surface area contributed by atoms with Gasteiger partial charge in [0, 0.05) is 18.7 Å². The second-order valence-electron chi connectivity index (χ2n) is 8.11. The highest BCUT2D eigenvalue weighted by Gasteiger charge is 2.21. The van der Waals surface area contributed by atoms with Crippen LogP contribution in [0.1, 0.15) is 5.56 Å². The van der Waals surface area contributed by atoms with Gasteiger partial charge in [-0.3, -0.25) is 4.79 Å². The molecule has 0 aliphatic carbocycles. The van der Waals surface area contributed by atoms with E-state index in [2.05, 4.69) is 0 Å². The standard InChI is InChI=1S/C29H26N2O6/c1-34-27-18-21(17-23(19-30)29(33)31-13-15-35-16-14-31)11-12-26(27)37-28(32)20-36-25-10-6-5-9-24(25)22-7-3-2-4-8-22/h2-12,17-18H,13-16,20H2,1H3/b23-17+. The summed E-state index contributed by atoms with van der Waals surface area (Å²) in [6.45, 7) is 1.46. The molecule has 0 atom stereocenters. The first-order chi connectivity index (χ1) is 18.1. The number of rotatable bonds is 8. The van der Waals surface area contributed by atoms with Gasteiger partial charge in [-0.25, -0.2) is 4.79 Å². The number of methoxy groups -OCH3 is 1. The van der Waals surface area contributed by atoms with E-state index in [-0.39, 0.29) is 29.6 Å². The van der Waals surface area contributed by atoms with Gasteiger partial charge in [0.1, 0.15) is 17.4 Å². The average molecular weight is 499 g/mol. The summed E-state index contributed by atoms with van der Waals surface area (Å²) in [7, 11) is 1.44. The first-order valence-electron chi connectivity index (χ1n) is 11.7. The Morgan fingerprint density at radius 1 is 0.973 bits per heavy atom. The number of hydrogen-bond acceptors (Lipinski definition) is 7. The lowest BCUT2D eigenvalue weighted by molar-refractivity contribution is -0.136. The van der Waals surface area contributed by atoms with Gasteiger partial charge in [0.15, 0.2) is 18.1 Å². The Balaban J connectivity index is 1.43. The fraction of sp³-hybridized carbons (Fsp3) is 0.207. The third-order valence-electron chi connectivity index (χ3n) is 5.69. The fourth-order valence-electron chi connectivity index (χ4n) is 3.84. The molecule has 188 valence electrons. The van der Waals surface area contributed by atoms with Crippen LogP contribution in [0.2, 0.25) is 0 Å². The van der Waals surface area contributed by atoms with E-state index in [1.807, 2.05) is 54.6 Å². The highest BCUT2D eigenvalue weighted by molar-refractivity contribution is 6.01. The predicted molar refractivity (Wildman–Crippen MR) is 137 cm³/mol. The average Bonchev–Trinajstić information content (AvgIpc) is 2.96. The number of nitriles is 1. The molecule has 1 amide bonds. The SMILES string of the molecule is COc1cc(/C=C(\C#N)C(=O)N2CCOCC2)ccc1OC(=O)COc1ccccc1-c1ccccc1. The maximum Gasteiger partial charge on any atom is 0.349 e. The molecule has 0 spiro atoms. The van der Waals surface area contributed by atoms with E-state index in [1.165, 1.54) is 13.2 Å². The molecule has 4 rings (SSSR count). The molecule has 0 radical (unpaired) electrons. The molecule has 1 aliphatic rings. The van der Waals surface area contributed by atoms with Gasteiger partial charge in [0.05, 0.1) is 20.3 Å². The molecular weight excluding hydrogens is 472 g/mol. The van der Waals surface area contributed by atoms with Crippen LogP contribution in [0.3, 0.4) is 0 Å². The predicted octanol–water partition coefficient (Wildman–Crippen LogP) is 4.11. The fourth-order valence-corrected chi connectivity index (χ4v) is 3.84. The number of hydrogen-bond donors (Lipinski definition) is 0. The van der Waals surface area contributed by atoms with Crippen LogP contribution >= 0.6 is 0 Å². The Morgan fingerprint density at radius 3 is 2.43 bits per heavy atom. The Bertz CT molecular complexity index is 1320. The van der Waals surface area contributed by atoms with Crippen molar-refractivity contribution in [1.82, 2.24) is 4.90 Å². The molecule has 1 heterocycles. The lowest BCUT2D eigenvalue weighted by Crippen LogP contribution is -2.41. The topological polar surface area (TPSA) is 98.1 Å². The zero-order valence-electron chi connectivity index (χ0n) is 20.4. The van der Waals surface area contributed by atoms with Crippen molar-refractivity contribution in [1.29, 1.82) is 5.26 Å². The number of esters is 1. The van der Waals surface area contributed by atoms with E-state index in [0.29, 0.717) is 37.6 Å².